The van der Waals surface area contributed by atoms with E-state index in [2.05, 4.69) is 10.3 Å². The van der Waals surface area contributed by atoms with Crippen molar-refractivity contribution in [3.63, 3.8) is 0 Å². The standard InChI is InChI=1S/C19H24N2O3S2/c1-13(18(23)20-11-14-6-3-2-4-7-14)24-17(22)10-15-12-26-19(21-15)16-8-5-9-25-16/h5,8-9,12-14H,2-4,6-7,10-11H2,1H3,(H,20,23). The molecule has 26 heavy (non-hydrogen) atoms. The first-order valence-electron chi connectivity index (χ1n) is 9.07. The van der Waals surface area contributed by atoms with Crippen LogP contribution in [-0.2, 0) is 20.7 Å². The lowest BCUT2D eigenvalue weighted by Crippen LogP contribution is -2.39. The predicted molar refractivity (Wildman–Crippen MR) is 104 cm³/mol. The van der Waals surface area contributed by atoms with Crippen LogP contribution in [0, 0.1) is 5.92 Å². The Morgan fingerprint density at radius 3 is 2.85 bits per heavy atom. The van der Waals surface area contributed by atoms with Gasteiger partial charge in [-0.1, -0.05) is 25.3 Å². The van der Waals surface area contributed by atoms with Crippen molar-refractivity contribution >= 4 is 34.6 Å². The van der Waals surface area contributed by atoms with Gasteiger partial charge in [0.1, 0.15) is 5.01 Å². The largest absolute Gasteiger partial charge is 0.452 e. The van der Waals surface area contributed by atoms with Crippen molar-refractivity contribution in [1.82, 2.24) is 10.3 Å². The van der Waals surface area contributed by atoms with Crippen molar-refractivity contribution in [1.29, 1.82) is 0 Å². The van der Waals surface area contributed by atoms with Crippen LogP contribution in [0.4, 0.5) is 0 Å². The fourth-order valence-electron chi connectivity index (χ4n) is 3.12. The highest BCUT2D eigenvalue weighted by molar-refractivity contribution is 7.20. The zero-order chi connectivity index (χ0) is 18.4. The lowest BCUT2D eigenvalue weighted by Gasteiger charge is -2.22. The van der Waals surface area contributed by atoms with Gasteiger partial charge in [0.15, 0.2) is 6.10 Å². The molecule has 3 rings (SSSR count). The summed E-state index contributed by atoms with van der Waals surface area (Å²) in [6.45, 7) is 2.29. The Kier molecular flexibility index (Phi) is 6.80. The zero-order valence-corrected chi connectivity index (χ0v) is 16.5. The first-order valence-corrected chi connectivity index (χ1v) is 10.8. The van der Waals surface area contributed by atoms with Crippen LogP contribution in [0.2, 0.25) is 0 Å². The third-order valence-corrected chi connectivity index (χ3v) is 6.51. The molecule has 2 aromatic rings. The van der Waals surface area contributed by atoms with Crippen LogP contribution in [0.15, 0.2) is 22.9 Å². The Morgan fingerprint density at radius 1 is 1.31 bits per heavy atom. The lowest BCUT2D eigenvalue weighted by molar-refractivity contribution is -0.154. The number of thiazole rings is 1. The molecule has 0 spiro atoms. The van der Waals surface area contributed by atoms with Gasteiger partial charge in [0.05, 0.1) is 17.0 Å². The minimum Gasteiger partial charge on any atom is -0.452 e. The summed E-state index contributed by atoms with van der Waals surface area (Å²) in [6.07, 6.45) is 5.43. The summed E-state index contributed by atoms with van der Waals surface area (Å²) >= 11 is 3.13. The molecule has 2 heterocycles. The number of esters is 1. The average Bonchev–Trinajstić information content (AvgIpc) is 3.32. The summed E-state index contributed by atoms with van der Waals surface area (Å²) in [4.78, 5) is 29.8. The Balaban J connectivity index is 1.42. The Labute approximate surface area is 161 Å². The predicted octanol–water partition coefficient (Wildman–Crippen LogP) is 4.04. The number of aromatic nitrogens is 1. The molecule has 0 bridgehead atoms. The number of carbonyl (C=O) groups is 2. The molecular formula is C19H24N2O3S2. The van der Waals surface area contributed by atoms with Gasteiger partial charge in [-0.2, -0.15) is 0 Å². The minimum absolute atomic E-state index is 0.0854. The summed E-state index contributed by atoms with van der Waals surface area (Å²) in [5, 5.41) is 7.68. The fourth-order valence-corrected chi connectivity index (χ4v) is 4.76. The molecule has 1 atom stereocenters. The smallest absolute Gasteiger partial charge is 0.312 e. The molecule has 1 saturated carbocycles. The number of nitrogens with one attached hydrogen (secondary N) is 1. The van der Waals surface area contributed by atoms with Crippen molar-refractivity contribution in [2.75, 3.05) is 6.54 Å². The fraction of sp³-hybridized carbons (Fsp3) is 0.526. The van der Waals surface area contributed by atoms with Crippen molar-refractivity contribution in [3.05, 3.63) is 28.6 Å². The molecule has 5 nitrogen and oxygen atoms in total. The molecule has 0 aliphatic heterocycles. The molecule has 0 saturated heterocycles. The van der Waals surface area contributed by atoms with E-state index in [1.807, 2.05) is 22.9 Å². The maximum absolute atomic E-state index is 12.1. The van der Waals surface area contributed by atoms with Crippen molar-refractivity contribution < 1.29 is 14.3 Å². The number of hydrogen-bond acceptors (Lipinski definition) is 6. The second-order valence-corrected chi connectivity index (χ2v) is 8.49. The van der Waals surface area contributed by atoms with Crippen LogP contribution < -0.4 is 5.32 Å². The van der Waals surface area contributed by atoms with Gasteiger partial charge in [-0.3, -0.25) is 9.59 Å². The van der Waals surface area contributed by atoms with Gasteiger partial charge in [0.25, 0.3) is 5.91 Å². The average molecular weight is 393 g/mol. The summed E-state index contributed by atoms with van der Waals surface area (Å²) < 4.78 is 5.27. The maximum Gasteiger partial charge on any atom is 0.312 e. The highest BCUT2D eigenvalue weighted by atomic mass is 32.1. The topological polar surface area (TPSA) is 68.3 Å². The first kappa shape index (κ1) is 19.0. The Bertz CT molecular complexity index is 721. The number of carbonyl (C=O) groups excluding carboxylic acids is 2. The second-order valence-electron chi connectivity index (χ2n) is 6.68. The highest BCUT2D eigenvalue weighted by Crippen LogP contribution is 2.28. The molecule has 1 amide bonds. The SMILES string of the molecule is CC(OC(=O)Cc1csc(-c2cccs2)n1)C(=O)NCC1CCCCC1. The van der Waals surface area contributed by atoms with Gasteiger partial charge < -0.3 is 10.1 Å². The summed E-state index contributed by atoms with van der Waals surface area (Å²) in [6, 6.07) is 3.98. The molecule has 1 N–H and O–H groups in total. The van der Waals surface area contributed by atoms with Gasteiger partial charge in [0.2, 0.25) is 0 Å². The van der Waals surface area contributed by atoms with Gasteiger partial charge in [-0.25, -0.2) is 4.98 Å². The van der Waals surface area contributed by atoms with Gasteiger partial charge in [-0.15, -0.1) is 22.7 Å². The van der Waals surface area contributed by atoms with Crippen molar-refractivity contribution in [2.24, 2.45) is 5.92 Å². The monoisotopic (exact) mass is 392 g/mol. The van der Waals surface area contributed by atoms with E-state index < -0.39 is 12.1 Å². The number of hydrogen-bond donors (Lipinski definition) is 1. The number of ether oxygens (including phenoxy) is 1. The molecule has 0 aromatic carbocycles. The van der Waals surface area contributed by atoms with E-state index in [4.69, 9.17) is 4.74 Å². The second kappa shape index (κ2) is 9.28. The number of rotatable bonds is 7. The van der Waals surface area contributed by atoms with Crippen LogP contribution in [0.5, 0.6) is 0 Å². The Morgan fingerprint density at radius 2 is 2.12 bits per heavy atom. The molecular weight excluding hydrogens is 368 g/mol. The van der Waals surface area contributed by atoms with E-state index in [9.17, 15) is 9.59 Å². The molecule has 1 fully saturated rings. The van der Waals surface area contributed by atoms with Gasteiger partial charge in [0, 0.05) is 11.9 Å². The molecule has 1 aliphatic carbocycles. The van der Waals surface area contributed by atoms with Crippen molar-refractivity contribution in [3.8, 4) is 9.88 Å². The van der Waals surface area contributed by atoms with E-state index in [0.29, 0.717) is 18.2 Å². The van der Waals surface area contributed by atoms with E-state index in [1.54, 1.807) is 18.3 Å². The van der Waals surface area contributed by atoms with Crippen LogP contribution >= 0.6 is 22.7 Å². The maximum atomic E-state index is 12.1. The number of amides is 1. The van der Waals surface area contributed by atoms with Crippen LogP contribution in [0.25, 0.3) is 9.88 Å². The third-order valence-electron chi connectivity index (χ3n) is 4.58. The first-order chi connectivity index (χ1) is 12.6. The quantitative estimate of drug-likeness (QED) is 0.722. The molecule has 7 heteroatoms. The van der Waals surface area contributed by atoms with Crippen LogP contribution in [0.1, 0.15) is 44.7 Å². The summed E-state index contributed by atoms with van der Waals surface area (Å²) in [5.74, 6) is -0.0869. The Hall–Kier alpha value is -1.73. The molecule has 1 unspecified atom stereocenters. The normalized spacial score (nSPS) is 16.2. The summed E-state index contributed by atoms with van der Waals surface area (Å²) in [7, 11) is 0. The minimum atomic E-state index is -0.776. The van der Waals surface area contributed by atoms with Crippen molar-refractivity contribution in [2.45, 2.75) is 51.6 Å². The van der Waals surface area contributed by atoms with Crippen LogP contribution in [-0.4, -0.2) is 29.5 Å². The molecule has 0 radical (unpaired) electrons. The van der Waals surface area contributed by atoms with Crippen LogP contribution in [0.3, 0.4) is 0 Å². The number of nitrogens with zero attached hydrogens (tertiary/aromatic N) is 1. The van der Waals surface area contributed by atoms with Gasteiger partial charge in [-0.05, 0) is 37.1 Å². The summed E-state index contributed by atoms with van der Waals surface area (Å²) in [5.41, 5.74) is 0.679. The third kappa shape index (κ3) is 5.38. The highest BCUT2D eigenvalue weighted by Gasteiger charge is 2.21. The molecule has 1 aliphatic rings. The van der Waals surface area contributed by atoms with Gasteiger partial charge >= 0.3 is 5.97 Å². The lowest BCUT2D eigenvalue weighted by atomic mass is 9.89. The number of thiophene rings is 1. The van der Waals surface area contributed by atoms with E-state index >= 15 is 0 Å². The van der Waals surface area contributed by atoms with E-state index in [0.717, 1.165) is 9.88 Å². The molecule has 2 aromatic heterocycles. The zero-order valence-electron chi connectivity index (χ0n) is 14.9. The molecule has 140 valence electrons. The van der Waals surface area contributed by atoms with E-state index in [1.165, 1.54) is 43.4 Å². The van der Waals surface area contributed by atoms with E-state index in [-0.39, 0.29) is 12.3 Å².